The van der Waals surface area contributed by atoms with Gasteiger partial charge < -0.3 is 5.11 Å². The summed E-state index contributed by atoms with van der Waals surface area (Å²) in [6, 6.07) is 4.87. The Hall–Kier alpha value is -1.38. The van der Waals surface area contributed by atoms with Crippen LogP contribution in [0, 0.1) is 24.1 Å². The van der Waals surface area contributed by atoms with Crippen LogP contribution in [0.4, 0.5) is 4.39 Å². The Morgan fingerprint density at radius 1 is 1.44 bits per heavy atom. The molecular weight excluding hydrogens is 207 g/mol. The zero-order chi connectivity index (χ0) is 12.1. The van der Waals surface area contributed by atoms with Crippen molar-refractivity contribution >= 4 is 5.97 Å². The second-order valence-electron chi connectivity index (χ2n) is 5.14. The first kappa shape index (κ1) is 11.1. The largest absolute Gasteiger partial charge is 0.481 e. The minimum Gasteiger partial charge on any atom is -0.481 e. The Kier molecular flexibility index (Phi) is 2.30. The molecule has 0 spiro atoms. The van der Waals surface area contributed by atoms with Gasteiger partial charge in [0.05, 0.1) is 5.92 Å². The molecule has 0 saturated heterocycles. The van der Waals surface area contributed by atoms with Gasteiger partial charge in [-0.3, -0.25) is 4.79 Å². The molecular formula is C13H15FO2. The second kappa shape index (κ2) is 3.30. The number of rotatable bonds is 2. The van der Waals surface area contributed by atoms with E-state index in [-0.39, 0.29) is 17.2 Å². The van der Waals surface area contributed by atoms with Crippen LogP contribution in [-0.2, 0) is 4.79 Å². The molecule has 2 atom stereocenters. The van der Waals surface area contributed by atoms with Crippen molar-refractivity contribution < 1.29 is 14.3 Å². The third-order valence-corrected chi connectivity index (χ3v) is 3.58. The predicted octanol–water partition coefficient (Wildman–Crippen LogP) is 2.96. The Balaban J connectivity index is 2.40. The maximum atomic E-state index is 13.6. The average molecular weight is 222 g/mol. The molecule has 1 aromatic carbocycles. The van der Waals surface area contributed by atoms with Crippen LogP contribution in [0.3, 0.4) is 0 Å². The van der Waals surface area contributed by atoms with E-state index >= 15 is 0 Å². The van der Waals surface area contributed by atoms with E-state index in [9.17, 15) is 9.18 Å². The van der Waals surface area contributed by atoms with Gasteiger partial charge in [0.2, 0.25) is 0 Å². The smallest absolute Gasteiger partial charge is 0.307 e. The van der Waals surface area contributed by atoms with Crippen molar-refractivity contribution in [2.75, 3.05) is 0 Å². The van der Waals surface area contributed by atoms with Crippen molar-refractivity contribution in [3.63, 3.8) is 0 Å². The van der Waals surface area contributed by atoms with Gasteiger partial charge in [0, 0.05) is 5.92 Å². The highest BCUT2D eigenvalue weighted by Gasteiger charge is 2.63. The Morgan fingerprint density at radius 3 is 2.56 bits per heavy atom. The molecule has 0 radical (unpaired) electrons. The molecule has 0 amide bonds. The van der Waals surface area contributed by atoms with E-state index in [0.717, 1.165) is 5.56 Å². The van der Waals surface area contributed by atoms with E-state index < -0.39 is 11.9 Å². The van der Waals surface area contributed by atoms with Crippen molar-refractivity contribution in [2.45, 2.75) is 26.7 Å². The van der Waals surface area contributed by atoms with Gasteiger partial charge in [0.25, 0.3) is 0 Å². The molecule has 1 fully saturated rings. The fraction of sp³-hybridized carbons (Fsp3) is 0.462. The number of aryl methyl sites for hydroxylation is 1. The molecule has 2 nitrogen and oxygen atoms in total. The van der Waals surface area contributed by atoms with Gasteiger partial charge in [-0.2, -0.15) is 0 Å². The van der Waals surface area contributed by atoms with Crippen LogP contribution < -0.4 is 0 Å². The summed E-state index contributed by atoms with van der Waals surface area (Å²) >= 11 is 0. The summed E-state index contributed by atoms with van der Waals surface area (Å²) in [4.78, 5) is 11.0. The van der Waals surface area contributed by atoms with Crippen molar-refractivity contribution in [3.05, 3.63) is 35.1 Å². The van der Waals surface area contributed by atoms with E-state index in [1.807, 2.05) is 20.8 Å². The lowest BCUT2D eigenvalue weighted by atomic mass is 10.0. The van der Waals surface area contributed by atoms with Crippen molar-refractivity contribution in [1.82, 2.24) is 0 Å². The summed E-state index contributed by atoms with van der Waals surface area (Å²) in [5, 5.41) is 9.06. The first-order valence-corrected chi connectivity index (χ1v) is 5.34. The van der Waals surface area contributed by atoms with Gasteiger partial charge >= 0.3 is 5.97 Å². The summed E-state index contributed by atoms with van der Waals surface area (Å²) in [5.41, 5.74) is 1.15. The highest BCUT2D eigenvalue weighted by atomic mass is 19.1. The molecule has 1 saturated carbocycles. The first-order valence-electron chi connectivity index (χ1n) is 5.34. The maximum Gasteiger partial charge on any atom is 0.307 e. The summed E-state index contributed by atoms with van der Waals surface area (Å²) in [5.74, 6) is -1.81. The maximum absolute atomic E-state index is 13.6. The molecule has 16 heavy (non-hydrogen) atoms. The molecule has 3 heteroatoms. The number of benzene rings is 1. The number of carbonyl (C=O) groups is 1. The van der Waals surface area contributed by atoms with Gasteiger partial charge in [-0.15, -0.1) is 0 Å². The number of carboxylic acid groups (broad SMARTS) is 1. The van der Waals surface area contributed by atoms with Crippen LogP contribution in [0.2, 0.25) is 0 Å². The van der Waals surface area contributed by atoms with E-state index in [2.05, 4.69) is 0 Å². The Labute approximate surface area is 94.1 Å². The van der Waals surface area contributed by atoms with Crippen LogP contribution in [0.1, 0.15) is 30.9 Å². The zero-order valence-electron chi connectivity index (χ0n) is 9.62. The third-order valence-electron chi connectivity index (χ3n) is 3.58. The predicted molar refractivity (Wildman–Crippen MR) is 58.8 cm³/mol. The molecule has 0 heterocycles. The lowest BCUT2D eigenvalue weighted by molar-refractivity contribution is -0.139. The van der Waals surface area contributed by atoms with E-state index in [4.69, 9.17) is 5.11 Å². The van der Waals surface area contributed by atoms with E-state index in [1.54, 1.807) is 12.1 Å². The van der Waals surface area contributed by atoms with Crippen LogP contribution in [-0.4, -0.2) is 11.1 Å². The Morgan fingerprint density at radius 2 is 2.06 bits per heavy atom. The summed E-state index contributed by atoms with van der Waals surface area (Å²) in [7, 11) is 0. The SMILES string of the molecule is Cc1ccc(F)c([C@H]2[C@H](C(=O)O)C2(C)C)c1. The molecule has 2 rings (SSSR count). The van der Waals surface area contributed by atoms with Gasteiger partial charge in [-0.1, -0.05) is 31.5 Å². The lowest BCUT2D eigenvalue weighted by Crippen LogP contribution is -2.03. The molecule has 1 N–H and O–H groups in total. The Bertz CT molecular complexity index is 451. The quantitative estimate of drug-likeness (QED) is 0.835. The molecule has 0 bridgehead atoms. The number of halogens is 1. The highest BCUT2D eigenvalue weighted by molar-refractivity contribution is 5.77. The van der Waals surface area contributed by atoms with Gasteiger partial charge in [0.1, 0.15) is 5.82 Å². The number of hydrogen-bond acceptors (Lipinski definition) is 1. The average Bonchev–Trinajstić information content (AvgIpc) is 2.73. The fourth-order valence-corrected chi connectivity index (χ4v) is 2.58. The third kappa shape index (κ3) is 1.51. The summed E-state index contributed by atoms with van der Waals surface area (Å²) in [6.45, 7) is 5.63. The van der Waals surface area contributed by atoms with E-state index in [1.165, 1.54) is 6.07 Å². The molecule has 0 aromatic heterocycles. The monoisotopic (exact) mass is 222 g/mol. The van der Waals surface area contributed by atoms with Crippen LogP contribution in [0.5, 0.6) is 0 Å². The van der Waals surface area contributed by atoms with E-state index in [0.29, 0.717) is 5.56 Å². The van der Waals surface area contributed by atoms with Crippen molar-refractivity contribution in [3.8, 4) is 0 Å². The summed E-state index contributed by atoms with van der Waals surface area (Å²) < 4.78 is 13.6. The zero-order valence-corrected chi connectivity index (χ0v) is 9.62. The number of aliphatic carboxylic acids is 1. The number of carboxylic acids is 1. The van der Waals surface area contributed by atoms with Gasteiger partial charge in [-0.05, 0) is 24.0 Å². The molecule has 0 aliphatic heterocycles. The van der Waals surface area contributed by atoms with Crippen molar-refractivity contribution in [1.29, 1.82) is 0 Å². The second-order valence-corrected chi connectivity index (χ2v) is 5.14. The summed E-state index contributed by atoms with van der Waals surface area (Å²) in [6.07, 6.45) is 0. The molecule has 1 aliphatic carbocycles. The van der Waals surface area contributed by atoms with Crippen molar-refractivity contribution in [2.24, 2.45) is 11.3 Å². The van der Waals surface area contributed by atoms with Gasteiger partial charge in [0.15, 0.2) is 0 Å². The van der Waals surface area contributed by atoms with Crippen LogP contribution in [0.15, 0.2) is 18.2 Å². The molecule has 0 unspecified atom stereocenters. The van der Waals surface area contributed by atoms with Crippen LogP contribution in [0.25, 0.3) is 0 Å². The standard InChI is InChI=1S/C13H15FO2/c1-7-4-5-9(14)8(6-7)10-11(12(15)16)13(10,2)3/h4-6,10-11H,1-3H3,(H,15,16)/t10-,11+/m0/s1. The first-order chi connectivity index (χ1) is 7.35. The molecule has 1 aliphatic rings. The molecule has 1 aromatic rings. The highest BCUT2D eigenvalue weighted by Crippen LogP contribution is 2.64. The topological polar surface area (TPSA) is 37.3 Å². The van der Waals surface area contributed by atoms with Gasteiger partial charge in [-0.25, -0.2) is 4.39 Å². The fourth-order valence-electron chi connectivity index (χ4n) is 2.58. The lowest BCUT2D eigenvalue weighted by Gasteiger charge is -2.05. The number of hydrogen-bond donors (Lipinski definition) is 1. The molecule has 86 valence electrons. The van der Waals surface area contributed by atoms with Crippen LogP contribution >= 0.6 is 0 Å². The minimum atomic E-state index is -0.837. The normalized spacial score (nSPS) is 26.5. The minimum absolute atomic E-state index is 0.204.